The molecule has 0 radical (unpaired) electrons. The molecule has 0 aliphatic rings. The number of oxazole rings is 1. The fraction of sp³-hybridized carbons (Fsp3) is 0.500. The third-order valence-corrected chi connectivity index (χ3v) is 1.40. The predicted molar refractivity (Wildman–Crippen MR) is 29.4 cm³/mol. The summed E-state index contributed by atoms with van der Waals surface area (Å²) in [7, 11) is 1.98. The molecule has 0 fully saturated rings. The summed E-state index contributed by atoms with van der Waals surface area (Å²) in [6.07, 6.45) is 1.75. The van der Waals surface area contributed by atoms with Crippen molar-refractivity contribution in [1.82, 2.24) is 0 Å². The quantitative estimate of drug-likeness (QED) is 0.452. The minimum Gasteiger partial charge on any atom is -0.410 e. The standard InChI is InChI=1S/C6H10NO/c1-5-4-8-6(2)7(5)3/h4H,1-3H3/q+1. The minimum atomic E-state index is 0.947. The van der Waals surface area contributed by atoms with E-state index in [2.05, 4.69) is 0 Å². The van der Waals surface area contributed by atoms with Crippen molar-refractivity contribution >= 4 is 0 Å². The van der Waals surface area contributed by atoms with E-state index in [-0.39, 0.29) is 0 Å². The molecule has 0 saturated heterocycles. The summed E-state index contributed by atoms with van der Waals surface area (Å²) < 4.78 is 7.06. The molecule has 2 nitrogen and oxygen atoms in total. The van der Waals surface area contributed by atoms with Crippen molar-refractivity contribution < 1.29 is 8.98 Å². The third-order valence-electron chi connectivity index (χ3n) is 1.40. The van der Waals surface area contributed by atoms with Gasteiger partial charge in [-0.05, 0) is 0 Å². The lowest BCUT2D eigenvalue weighted by atomic mass is 10.5. The van der Waals surface area contributed by atoms with Crippen molar-refractivity contribution in [1.29, 1.82) is 0 Å². The summed E-state index contributed by atoms with van der Waals surface area (Å²) in [6, 6.07) is 0. The molecule has 8 heavy (non-hydrogen) atoms. The molecular formula is C6H10NO+. The summed E-state index contributed by atoms with van der Waals surface area (Å²) in [6.45, 7) is 3.95. The number of hydrogen-bond donors (Lipinski definition) is 0. The predicted octanol–water partition coefficient (Wildman–Crippen LogP) is 0.721. The van der Waals surface area contributed by atoms with Crippen LogP contribution in [0.3, 0.4) is 0 Å². The lowest BCUT2D eigenvalue weighted by Crippen LogP contribution is -2.31. The molecule has 0 aliphatic heterocycles. The molecule has 0 spiro atoms. The lowest BCUT2D eigenvalue weighted by Gasteiger charge is -1.78. The molecule has 1 aromatic rings. The maximum absolute atomic E-state index is 5.06. The molecule has 0 bridgehead atoms. The summed E-state index contributed by atoms with van der Waals surface area (Å²) in [5, 5.41) is 0. The van der Waals surface area contributed by atoms with E-state index in [0.29, 0.717) is 0 Å². The van der Waals surface area contributed by atoms with Crippen LogP contribution in [-0.2, 0) is 7.05 Å². The Morgan fingerprint density at radius 3 is 2.25 bits per heavy atom. The summed E-state index contributed by atoms with van der Waals surface area (Å²) in [5.74, 6) is 0.947. The third kappa shape index (κ3) is 0.619. The first kappa shape index (κ1) is 5.35. The molecule has 0 aromatic carbocycles. The van der Waals surface area contributed by atoms with Crippen LogP contribution in [-0.4, -0.2) is 0 Å². The average molecular weight is 112 g/mol. The van der Waals surface area contributed by atoms with Crippen LogP contribution in [0.4, 0.5) is 0 Å². The fourth-order valence-electron chi connectivity index (χ4n) is 0.577. The van der Waals surface area contributed by atoms with Gasteiger partial charge in [0.2, 0.25) is 5.69 Å². The van der Waals surface area contributed by atoms with E-state index in [1.807, 2.05) is 25.5 Å². The molecule has 0 aliphatic carbocycles. The van der Waals surface area contributed by atoms with Crippen LogP contribution < -0.4 is 4.57 Å². The number of nitrogens with zero attached hydrogens (tertiary/aromatic N) is 1. The van der Waals surface area contributed by atoms with E-state index in [0.717, 1.165) is 11.6 Å². The van der Waals surface area contributed by atoms with Crippen LogP contribution in [0.25, 0.3) is 0 Å². The average Bonchev–Trinajstić information content (AvgIpc) is 1.98. The van der Waals surface area contributed by atoms with E-state index < -0.39 is 0 Å². The molecule has 0 unspecified atom stereocenters. The Balaban J connectivity index is 3.19. The molecule has 0 amide bonds. The Morgan fingerprint density at radius 1 is 1.50 bits per heavy atom. The van der Waals surface area contributed by atoms with Gasteiger partial charge >= 0.3 is 5.89 Å². The van der Waals surface area contributed by atoms with Gasteiger partial charge < -0.3 is 4.42 Å². The summed E-state index contributed by atoms with van der Waals surface area (Å²) in [5.41, 5.74) is 1.16. The van der Waals surface area contributed by atoms with Gasteiger partial charge in [-0.2, -0.15) is 4.57 Å². The van der Waals surface area contributed by atoms with Crippen LogP contribution in [0.5, 0.6) is 0 Å². The van der Waals surface area contributed by atoms with Crippen LogP contribution in [0.15, 0.2) is 10.7 Å². The summed E-state index contributed by atoms with van der Waals surface area (Å²) in [4.78, 5) is 0. The van der Waals surface area contributed by atoms with Gasteiger partial charge in [0.1, 0.15) is 7.05 Å². The van der Waals surface area contributed by atoms with E-state index >= 15 is 0 Å². The molecule has 0 atom stereocenters. The molecule has 1 aromatic heterocycles. The number of rotatable bonds is 0. The zero-order valence-corrected chi connectivity index (χ0v) is 5.43. The minimum absolute atomic E-state index is 0.947. The van der Waals surface area contributed by atoms with Crippen LogP contribution in [0.1, 0.15) is 11.6 Å². The molecular weight excluding hydrogens is 102 g/mol. The molecule has 44 valence electrons. The Hall–Kier alpha value is -0.790. The molecule has 1 rings (SSSR count). The van der Waals surface area contributed by atoms with Gasteiger partial charge in [0.05, 0.1) is 6.92 Å². The highest BCUT2D eigenvalue weighted by atomic mass is 16.3. The van der Waals surface area contributed by atoms with Gasteiger partial charge in [0, 0.05) is 6.92 Å². The Morgan fingerprint density at radius 2 is 2.12 bits per heavy atom. The van der Waals surface area contributed by atoms with Crippen molar-refractivity contribution in [2.75, 3.05) is 0 Å². The van der Waals surface area contributed by atoms with Gasteiger partial charge in [-0.15, -0.1) is 0 Å². The fourth-order valence-corrected chi connectivity index (χ4v) is 0.577. The van der Waals surface area contributed by atoms with Crippen LogP contribution in [0, 0.1) is 13.8 Å². The maximum Gasteiger partial charge on any atom is 0.343 e. The topological polar surface area (TPSA) is 17.0 Å². The van der Waals surface area contributed by atoms with Crippen molar-refractivity contribution in [3.63, 3.8) is 0 Å². The number of aromatic nitrogens is 1. The van der Waals surface area contributed by atoms with Crippen LogP contribution in [0.2, 0.25) is 0 Å². The van der Waals surface area contributed by atoms with Crippen LogP contribution >= 0.6 is 0 Å². The van der Waals surface area contributed by atoms with E-state index in [1.54, 1.807) is 6.26 Å². The Kier molecular flexibility index (Phi) is 1.08. The normalized spacial score (nSPS) is 9.88. The molecule has 0 saturated carbocycles. The van der Waals surface area contributed by atoms with Crippen molar-refractivity contribution in [2.24, 2.45) is 7.05 Å². The SMILES string of the molecule is Cc1coc(C)[n+]1C. The highest BCUT2D eigenvalue weighted by Gasteiger charge is 2.06. The maximum atomic E-state index is 5.06. The second-order valence-electron chi connectivity index (χ2n) is 1.96. The highest BCUT2D eigenvalue weighted by Crippen LogP contribution is 1.92. The summed E-state index contributed by atoms with van der Waals surface area (Å²) >= 11 is 0. The Labute approximate surface area is 48.8 Å². The van der Waals surface area contributed by atoms with E-state index in [1.165, 1.54) is 0 Å². The number of hydrogen-bond acceptors (Lipinski definition) is 1. The zero-order chi connectivity index (χ0) is 6.15. The molecule has 1 heterocycles. The van der Waals surface area contributed by atoms with Gasteiger partial charge in [0.15, 0.2) is 6.26 Å². The first-order chi connectivity index (χ1) is 3.72. The van der Waals surface area contributed by atoms with Crippen molar-refractivity contribution in [2.45, 2.75) is 13.8 Å². The first-order valence-corrected chi connectivity index (χ1v) is 2.62. The monoisotopic (exact) mass is 112 g/mol. The van der Waals surface area contributed by atoms with Gasteiger partial charge in [-0.1, -0.05) is 0 Å². The second-order valence-corrected chi connectivity index (χ2v) is 1.96. The van der Waals surface area contributed by atoms with Crippen molar-refractivity contribution in [3.8, 4) is 0 Å². The first-order valence-electron chi connectivity index (χ1n) is 2.62. The van der Waals surface area contributed by atoms with E-state index in [9.17, 15) is 0 Å². The van der Waals surface area contributed by atoms with Crippen molar-refractivity contribution in [3.05, 3.63) is 17.8 Å². The number of aryl methyl sites for hydroxylation is 2. The van der Waals surface area contributed by atoms with E-state index in [4.69, 9.17) is 4.42 Å². The van der Waals surface area contributed by atoms with Gasteiger partial charge in [-0.25, -0.2) is 0 Å². The molecule has 2 heteroatoms. The Bertz CT molecular complexity index is 171. The second kappa shape index (κ2) is 1.62. The zero-order valence-electron chi connectivity index (χ0n) is 5.43. The highest BCUT2D eigenvalue weighted by molar-refractivity contribution is 4.78. The smallest absolute Gasteiger partial charge is 0.343 e. The van der Waals surface area contributed by atoms with Gasteiger partial charge in [-0.3, -0.25) is 0 Å². The largest absolute Gasteiger partial charge is 0.410 e. The molecule has 0 N–H and O–H groups in total. The lowest BCUT2D eigenvalue weighted by molar-refractivity contribution is -0.686. The van der Waals surface area contributed by atoms with Gasteiger partial charge in [0.25, 0.3) is 0 Å².